The van der Waals surface area contributed by atoms with Crippen molar-refractivity contribution in [1.82, 2.24) is 0 Å². The number of methoxy groups -OCH3 is 2. The molecule has 0 bridgehead atoms. The summed E-state index contributed by atoms with van der Waals surface area (Å²) in [7, 11) is 2.00. The zero-order valence-electron chi connectivity index (χ0n) is 7.91. The lowest BCUT2D eigenvalue weighted by Crippen LogP contribution is -2.11. The topological polar surface area (TPSA) is 18.5 Å². The molecule has 0 N–H and O–H groups in total. The van der Waals surface area contributed by atoms with Gasteiger partial charge in [0.15, 0.2) is 11.6 Å². The van der Waals surface area contributed by atoms with Crippen LogP contribution < -0.4 is 9.47 Å². The highest BCUT2D eigenvalue weighted by Gasteiger charge is 2.39. The van der Waals surface area contributed by atoms with Gasteiger partial charge in [-0.3, -0.25) is 0 Å². The van der Waals surface area contributed by atoms with Crippen molar-refractivity contribution in [2.75, 3.05) is 14.2 Å². The van der Waals surface area contributed by atoms with E-state index in [9.17, 15) is 17.6 Å². The second-order valence-corrected chi connectivity index (χ2v) is 2.58. The Bertz CT molecular complexity index is 360. The molecular formula is C9H7F4O2. The quantitative estimate of drug-likeness (QED) is 0.717. The number of ether oxygens (including phenoxy) is 2. The fourth-order valence-electron chi connectivity index (χ4n) is 1.11. The van der Waals surface area contributed by atoms with E-state index in [0.717, 1.165) is 20.3 Å². The summed E-state index contributed by atoms with van der Waals surface area (Å²) in [5.41, 5.74) is -1.27. The van der Waals surface area contributed by atoms with Gasteiger partial charge >= 0.3 is 6.18 Å². The lowest BCUT2D eigenvalue weighted by molar-refractivity contribution is -0.140. The monoisotopic (exact) mass is 223 g/mol. The van der Waals surface area contributed by atoms with Crippen molar-refractivity contribution in [3.05, 3.63) is 23.5 Å². The SMILES string of the molecule is COc1c[c]c(F)c(OC)c1C(F)(F)F. The molecule has 1 aromatic rings. The van der Waals surface area contributed by atoms with E-state index in [1.54, 1.807) is 0 Å². The molecule has 0 saturated carbocycles. The molecule has 0 aliphatic rings. The zero-order chi connectivity index (χ0) is 11.6. The Morgan fingerprint density at radius 2 is 1.80 bits per heavy atom. The van der Waals surface area contributed by atoms with Gasteiger partial charge < -0.3 is 9.47 Å². The number of rotatable bonds is 2. The molecule has 1 aromatic carbocycles. The fraction of sp³-hybridized carbons (Fsp3) is 0.333. The van der Waals surface area contributed by atoms with Gasteiger partial charge in [0, 0.05) is 6.07 Å². The number of hydrogen-bond acceptors (Lipinski definition) is 2. The molecule has 0 fully saturated rings. The summed E-state index contributed by atoms with van der Waals surface area (Å²) in [5.74, 6) is -2.65. The van der Waals surface area contributed by atoms with E-state index in [2.05, 4.69) is 9.47 Å². The minimum Gasteiger partial charge on any atom is -0.496 e. The summed E-state index contributed by atoms with van der Waals surface area (Å²) >= 11 is 0. The smallest absolute Gasteiger partial charge is 0.423 e. The Morgan fingerprint density at radius 3 is 2.20 bits per heavy atom. The molecule has 0 saturated heterocycles. The third-order valence-corrected chi connectivity index (χ3v) is 1.71. The molecule has 0 aromatic heterocycles. The van der Waals surface area contributed by atoms with Crippen molar-refractivity contribution in [2.24, 2.45) is 0 Å². The van der Waals surface area contributed by atoms with Crippen LogP contribution in [0.4, 0.5) is 17.6 Å². The molecule has 83 valence electrons. The van der Waals surface area contributed by atoms with Crippen molar-refractivity contribution in [1.29, 1.82) is 0 Å². The van der Waals surface area contributed by atoms with Gasteiger partial charge in [0.25, 0.3) is 0 Å². The van der Waals surface area contributed by atoms with Gasteiger partial charge in [-0.2, -0.15) is 13.2 Å². The zero-order valence-corrected chi connectivity index (χ0v) is 7.91. The van der Waals surface area contributed by atoms with E-state index in [1.165, 1.54) is 0 Å². The van der Waals surface area contributed by atoms with Crippen LogP contribution in [-0.2, 0) is 6.18 Å². The van der Waals surface area contributed by atoms with E-state index in [1.807, 2.05) is 6.07 Å². The molecule has 0 spiro atoms. The van der Waals surface area contributed by atoms with Crippen LogP contribution in [-0.4, -0.2) is 14.2 Å². The average Bonchev–Trinajstić information content (AvgIpc) is 2.15. The first-order valence-corrected chi connectivity index (χ1v) is 3.81. The number of benzene rings is 1. The van der Waals surface area contributed by atoms with Crippen molar-refractivity contribution in [2.45, 2.75) is 6.18 Å². The Morgan fingerprint density at radius 1 is 1.20 bits per heavy atom. The van der Waals surface area contributed by atoms with Crippen molar-refractivity contribution in [3.63, 3.8) is 0 Å². The Hall–Kier alpha value is -1.46. The van der Waals surface area contributed by atoms with Gasteiger partial charge in [0.05, 0.1) is 14.2 Å². The van der Waals surface area contributed by atoms with Crippen molar-refractivity contribution in [3.8, 4) is 11.5 Å². The van der Waals surface area contributed by atoms with E-state index < -0.39 is 29.1 Å². The Labute approximate surface area is 83.4 Å². The first-order valence-electron chi connectivity index (χ1n) is 3.81. The predicted octanol–water partition coefficient (Wildman–Crippen LogP) is 2.66. The summed E-state index contributed by atoms with van der Waals surface area (Å²) in [5, 5.41) is 0. The largest absolute Gasteiger partial charge is 0.496 e. The highest BCUT2D eigenvalue weighted by atomic mass is 19.4. The van der Waals surface area contributed by atoms with Crippen LogP contribution in [0.3, 0.4) is 0 Å². The molecule has 6 heteroatoms. The van der Waals surface area contributed by atoms with E-state index in [4.69, 9.17) is 0 Å². The molecule has 0 aliphatic heterocycles. The van der Waals surface area contributed by atoms with Gasteiger partial charge in [0.1, 0.15) is 11.3 Å². The molecule has 0 amide bonds. The minimum atomic E-state index is -4.74. The molecule has 0 atom stereocenters. The summed E-state index contributed by atoms with van der Waals surface area (Å²) < 4.78 is 59.3. The summed E-state index contributed by atoms with van der Waals surface area (Å²) in [6.07, 6.45) is -4.74. The maximum absolute atomic E-state index is 13.0. The number of hydrogen-bond donors (Lipinski definition) is 0. The Balaban J connectivity index is 3.48. The Kier molecular flexibility index (Phi) is 3.06. The molecule has 0 aliphatic carbocycles. The first kappa shape index (κ1) is 11.6. The van der Waals surface area contributed by atoms with Gasteiger partial charge in [-0.25, -0.2) is 4.39 Å². The second kappa shape index (κ2) is 3.96. The van der Waals surface area contributed by atoms with Crippen LogP contribution in [0.15, 0.2) is 6.07 Å². The molecule has 0 unspecified atom stereocenters. The van der Waals surface area contributed by atoms with E-state index >= 15 is 0 Å². The molecule has 1 rings (SSSR count). The maximum Gasteiger partial charge on any atom is 0.423 e. The van der Waals surface area contributed by atoms with Gasteiger partial charge in [-0.05, 0) is 6.07 Å². The van der Waals surface area contributed by atoms with Crippen LogP contribution in [0.2, 0.25) is 0 Å². The van der Waals surface area contributed by atoms with Gasteiger partial charge in [0.2, 0.25) is 0 Å². The predicted molar refractivity (Wildman–Crippen MR) is 43.3 cm³/mol. The molecule has 0 heterocycles. The van der Waals surface area contributed by atoms with Crippen LogP contribution in [0.25, 0.3) is 0 Å². The lowest BCUT2D eigenvalue weighted by atomic mass is 10.1. The minimum absolute atomic E-state index is 0.527. The highest BCUT2D eigenvalue weighted by molar-refractivity contribution is 5.47. The first-order chi connectivity index (χ1) is 6.91. The normalized spacial score (nSPS) is 11.3. The average molecular weight is 223 g/mol. The molecule has 1 radical (unpaired) electrons. The second-order valence-electron chi connectivity index (χ2n) is 2.58. The van der Waals surface area contributed by atoms with Crippen molar-refractivity contribution >= 4 is 0 Å². The molecule has 15 heavy (non-hydrogen) atoms. The standard InChI is InChI=1S/C9H7F4O2/c1-14-6-4-3-5(10)8(15-2)7(6)9(11,12)13/h4H,1-2H3. The van der Waals surface area contributed by atoms with Gasteiger partial charge in [-0.1, -0.05) is 0 Å². The van der Waals surface area contributed by atoms with Crippen LogP contribution in [0, 0.1) is 11.9 Å². The van der Waals surface area contributed by atoms with Gasteiger partial charge in [-0.15, -0.1) is 0 Å². The summed E-state index contributed by atoms with van der Waals surface area (Å²) in [6, 6.07) is 2.74. The third-order valence-electron chi connectivity index (χ3n) is 1.71. The fourth-order valence-corrected chi connectivity index (χ4v) is 1.11. The van der Waals surface area contributed by atoms with Crippen molar-refractivity contribution < 1.29 is 27.0 Å². The van der Waals surface area contributed by atoms with Crippen LogP contribution in [0.5, 0.6) is 11.5 Å². The number of halogens is 4. The summed E-state index contributed by atoms with van der Waals surface area (Å²) in [6.45, 7) is 0. The highest BCUT2D eigenvalue weighted by Crippen LogP contribution is 2.43. The van der Waals surface area contributed by atoms with E-state index in [0.29, 0.717) is 0 Å². The molecule has 2 nitrogen and oxygen atoms in total. The van der Waals surface area contributed by atoms with Crippen LogP contribution in [0.1, 0.15) is 5.56 Å². The third kappa shape index (κ3) is 2.14. The number of alkyl halides is 3. The summed E-state index contributed by atoms with van der Waals surface area (Å²) in [4.78, 5) is 0. The van der Waals surface area contributed by atoms with E-state index in [-0.39, 0.29) is 0 Å². The lowest BCUT2D eigenvalue weighted by Gasteiger charge is -2.15. The van der Waals surface area contributed by atoms with Crippen LogP contribution >= 0.6 is 0 Å². The maximum atomic E-state index is 13.0. The molecular weight excluding hydrogens is 216 g/mol.